The van der Waals surface area contributed by atoms with Gasteiger partial charge in [0.15, 0.2) is 0 Å². The van der Waals surface area contributed by atoms with Crippen molar-refractivity contribution >= 4 is 5.97 Å². The predicted molar refractivity (Wildman–Crippen MR) is 69.9 cm³/mol. The van der Waals surface area contributed by atoms with Crippen molar-refractivity contribution < 1.29 is 14.6 Å². The summed E-state index contributed by atoms with van der Waals surface area (Å²) in [7, 11) is 0. The lowest BCUT2D eigenvalue weighted by molar-refractivity contribution is -0.143. The first-order valence-electron chi connectivity index (χ1n) is 6.68. The molecule has 0 aromatic heterocycles. The van der Waals surface area contributed by atoms with E-state index in [9.17, 15) is 9.90 Å². The summed E-state index contributed by atoms with van der Waals surface area (Å²) in [5, 5.41) is 9.31. The topological polar surface area (TPSA) is 46.5 Å². The van der Waals surface area contributed by atoms with E-state index >= 15 is 0 Å². The number of carboxylic acid groups (broad SMARTS) is 1. The minimum Gasteiger partial charge on any atom is -0.494 e. The van der Waals surface area contributed by atoms with Crippen LogP contribution in [-0.2, 0) is 4.79 Å². The van der Waals surface area contributed by atoms with Gasteiger partial charge in [0.25, 0.3) is 0 Å². The molecule has 1 fully saturated rings. The molecule has 18 heavy (non-hydrogen) atoms. The maximum absolute atomic E-state index is 11.3. The fourth-order valence-electron chi connectivity index (χ4n) is 2.83. The van der Waals surface area contributed by atoms with Gasteiger partial charge in [-0.15, -0.1) is 0 Å². The van der Waals surface area contributed by atoms with Crippen LogP contribution in [0, 0.1) is 5.92 Å². The molecule has 98 valence electrons. The van der Waals surface area contributed by atoms with E-state index in [1.807, 2.05) is 31.2 Å². The van der Waals surface area contributed by atoms with Crippen LogP contribution in [0.15, 0.2) is 24.3 Å². The summed E-state index contributed by atoms with van der Waals surface area (Å²) < 4.78 is 5.49. The second-order valence-electron chi connectivity index (χ2n) is 4.84. The maximum Gasteiger partial charge on any atom is 0.307 e. The van der Waals surface area contributed by atoms with Crippen molar-refractivity contribution in [2.24, 2.45) is 5.92 Å². The van der Waals surface area contributed by atoms with E-state index in [2.05, 4.69) is 0 Å². The third-order valence-corrected chi connectivity index (χ3v) is 3.68. The van der Waals surface area contributed by atoms with Gasteiger partial charge < -0.3 is 9.84 Å². The Morgan fingerprint density at radius 3 is 2.89 bits per heavy atom. The Hall–Kier alpha value is -1.51. The number of rotatable bonds is 4. The van der Waals surface area contributed by atoms with Crippen LogP contribution >= 0.6 is 0 Å². The van der Waals surface area contributed by atoms with Gasteiger partial charge in [0, 0.05) is 0 Å². The van der Waals surface area contributed by atoms with Crippen molar-refractivity contribution in [2.75, 3.05) is 6.61 Å². The van der Waals surface area contributed by atoms with Crippen molar-refractivity contribution in [2.45, 2.75) is 38.5 Å². The highest BCUT2D eigenvalue weighted by molar-refractivity contribution is 5.71. The number of carboxylic acids is 1. The van der Waals surface area contributed by atoms with E-state index in [1.54, 1.807) is 0 Å². The molecule has 2 rings (SSSR count). The Bertz CT molecular complexity index is 414. The summed E-state index contributed by atoms with van der Waals surface area (Å²) in [6.45, 7) is 2.59. The second-order valence-corrected chi connectivity index (χ2v) is 4.84. The average molecular weight is 248 g/mol. The molecule has 1 N–H and O–H groups in total. The maximum atomic E-state index is 11.3. The molecule has 3 heteroatoms. The van der Waals surface area contributed by atoms with Gasteiger partial charge in [-0.05, 0) is 43.4 Å². The number of ether oxygens (including phenoxy) is 1. The van der Waals surface area contributed by atoms with Crippen molar-refractivity contribution in [1.29, 1.82) is 0 Å². The van der Waals surface area contributed by atoms with Crippen LogP contribution in [-0.4, -0.2) is 17.7 Å². The molecule has 1 saturated carbocycles. The molecule has 0 aliphatic heterocycles. The van der Waals surface area contributed by atoms with Crippen LogP contribution in [0.2, 0.25) is 0 Å². The first-order chi connectivity index (χ1) is 8.72. The van der Waals surface area contributed by atoms with E-state index in [0.29, 0.717) is 6.61 Å². The van der Waals surface area contributed by atoms with E-state index in [1.165, 1.54) is 0 Å². The minimum absolute atomic E-state index is 0.136. The molecule has 0 spiro atoms. The van der Waals surface area contributed by atoms with Crippen LogP contribution in [0.4, 0.5) is 0 Å². The third kappa shape index (κ3) is 2.84. The van der Waals surface area contributed by atoms with Gasteiger partial charge in [-0.3, -0.25) is 4.79 Å². The molecule has 0 amide bonds. The summed E-state index contributed by atoms with van der Waals surface area (Å²) >= 11 is 0. The quantitative estimate of drug-likeness (QED) is 0.887. The van der Waals surface area contributed by atoms with Crippen LogP contribution in [0.3, 0.4) is 0 Å². The Kier molecular flexibility index (Phi) is 4.24. The Morgan fingerprint density at radius 1 is 1.39 bits per heavy atom. The fraction of sp³-hybridized carbons (Fsp3) is 0.533. The number of carbonyl (C=O) groups is 1. The predicted octanol–water partition coefficient (Wildman–Crippen LogP) is 3.44. The molecule has 3 nitrogen and oxygen atoms in total. The normalized spacial score (nSPS) is 23.6. The molecule has 2 atom stereocenters. The van der Waals surface area contributed by atoms with E-state index in [-0.39, 0.29) is 11.8 Å². The summed E-state index contributed by atoms with van der Waals surface area (Å²) in [5.41, 5.74) is 1.10. The van der Waals surface area contributed by atoms with Crippen LogP contribution in [0.25, 0.3) is 0 Å². The molecule has 0 heterocycles. The SMILES string of the molecule is CCOc1cccc(C2CCCCC2C(=O)O)c1. The lowest BCUT2D eigenvalue weighted by Gasteiger charge is -2.29. The Labute approximate surface area is 108 Å². The monoisotopic (exact) mass is 248 g/mol. The average Bonchev–Trinajstić information content (AvgIpc) is 2.39. The minimum atomic E-state index is -0.665. The highest BCUT2D eigenvalue weighted by Gasteiger charge is 2.31. The van der Waals surface area contributed by atoms with E-state index in [0.717, 1.165) is 37.0 Å². The zero-order valence-electron chi connectivity index (χ0n) is 10.8. The molecule has 0 bridgehead atoms. The van der Waals surface area contributed by atoms with Crippen molar-refractivity contribution in [3.05, 3.63) is 29.8 Å². The molecule has 1 aliphatic rings. The van der Waals surface area contributed by atoms with Gasteiger partial charge >= 0.3 is 5.97 Å². The number of aliphatic carboxylic acids is 1. The zero-order valence-corrected chi connectivity index (χ0v) is 10.8. The molecular formula is C15H20O3. The summed E-state index contributed by atoms with van der Waals surface area (Å²) in [4.78, 5) is 11.3. The van der Waals surface area contributed by atoms with Crippen molar-refractivity contribution in [3.63, 3.8) is 0 Å². The molecule has 1 aromatic rings. The van der Waals surface area contributed by atoms with E-state index in [4.69, 9.17) is 4.74 Å². The van der Waals surface area contributed by atoms with Crippen LogP contribution in [0.5, 0.6) is 5.75 Å². The van der Waals surface area contributed by atoms with Gasteiger partial charge in [0.1, 0.15) is 5.75 Å². The molecule has 1 aromatic carbocycles. The highest BCUT2D eigenvalue weighted by atomic mass is 16.5. The molecular weight excluding hydrogens is 228 g/mol. The first-order valence-corrected chi connectivity index (χ1v) is 6.68. The summed E-state index contributed by atoms with van der Waals surface area (Å²) in [6.07, 6.45) is 3.90. The smallest absolute Gasteiger partial charge is 0.307 e. The van der Waals surface area contributed by atoms with Gasteiger partial charge in [-0.2, -0.15) is 0 Å². The van der Waals surface area contributed by atoms with Gasteiger partial charge in [0.2, 0.25) is 0 Å². The van der Waals surface area contributed by atoms with Crippen LogP contribution < -0.4 is 4.74 Å². The Balaban J connectivity index is 2.22. The van der Waals surface area contributed by atoms with Gasteiger partial charge in [-0.1, -0.05) is 25.0 Å². The largest absolute Gasteiger partial charge is 0.494 e. The zero-order chi connectivity index (χ0) is 13.0. The fourth-order valence-corrected chi connectivity index (χ4v) is 2.83. The summed E-state index contributed by atoms with van der Waals surface area (Å²) in [5.74, 6) is 0.0681. The van der Waals surface area contributed by atoms with Crippen molar-refractivity contribution in [3.8, 4) is 5.75 Å². The van der Waals surface area contributed by atoms with Gasteiger partial charge in [0.05, 0.1) is 12.5 Å². The van der Waals surface area contributed by atoms with Crippen molar-refractivity contribution in [1.82, 2.24) is 0 Å². The molecule has 1 aliphatic carbocycles. The lowest BCUT2D eigenvalue weighted by Crippen LogP contribution is -2.25. The standard InChI is InChI=1S/C15H20O3/c1-2-18-12-7-5-6-11(10-12)13-8-3-4-9-14(13)15(16)17/h5-7,10,13-14H,2-4,8-9H2,1H3,(H,16,17). The van der Waals surface area contributed by atoms with E-state index < -0.39 is 5.97 Å². The molecule has 2 unspecified atom stereocenters. The summed E-state index contributed by atoms with van der Waals surface area (Å²) in [6, 6.07) is 7.89. The van der Waals surface area contributed by atoms with Crippen LogP contribution in [0.1, 0.15) is 44.1 Å². The lowest BCUT2D eigenvalue weighted by atomic mass is 9.75. The Morgan fingerprint density at radius 2 is 2.17 bits per heavy atom. The highest BCUT2D eigenvalue weighted by Crippen LogP contribution is 2.38. The third-order valence-electron chi connectivity index (χ3n) is 3.68. The number of hydrogen-bond donors (Lipinski definition) is 1. The molecule has 0 saturated heterocycles. The first kappa shape index (κ1) is 12.9. The number of benzene rings is 1. The van der Waals surface area contributed by atoms with Gasteiger partial charge in [-0.25, -0.2) is 0 Å². The number of hydrogen-bond acceptors (Lipinski definition) is 2. The molecule has 0 radical (unpaired) electrons. The second kappa shape index (κ2) is 5.89.